The lowest BCUT2D eigenvalue weighted by atomic mass is 9.78. The molecular formula is C25H19FINO3. The summed E-state index contributed by atoms with van der Waals surface area (Å²) in [6.45, 7) is 1.68. The Kier molecular flexibility index (Phi) is 6.00. The molecule has 3 aromatic carbocycles. The molecule has 0 spiro atoms. The van der Waals surface area contributed by atoms with E-state index in [-0.39, 0.29) is 17.1 Å². The summed E-state index contributed by atoms with van der Waals surface area (Å²) in [5.74, 6) is -3.67. The third-order valence-electron chi connectivity index (χ3n) is 5.63. The highest BCUT2D eigenvalue weighted by atomic mass is 127. The first-order valence-corrected chi connectivity index (χ1v) is 10.9. The molecule has 0 radical (unpaired) electrons. The lowest BCUT2D eigenvalue weighted by Gasteiger charge is -2.23. The van der Waals surface area contributed by atoms with Gasteiger partial charge in [0.25, 0.3) is 0 Å². The number of nitrogens with zero attached hydrogens (tertiary/aromatic N) is 1. The summed E-state index contributed by atoms with van der Waals surface area (Å²) in [5, 5.41) is 0. The van der Waals surface area contributed by atoms with Gasteiger partial charge in [0.2, 0.25) is 5.91 Å². The Balaban J connectivity index is 1.83. The number of hydrogen-bond acceptors (Lipinski definition) is 3. The van der Waals surface area contributed by atoms with Crippen molar-refractivity contribution in [3.8, 4) is 0 Å². The van der Waals surface area contributed by atoms with Crippen molar-refractivity contribution in [2.45, 2.75) is 18.9 Å². The fourth-order valence-electron chi connectivity index (χ4n) is 4.09. The normalized spacial score (nSPS) is 19.5. The zero-order valence-electron chi connectivity index (χ0n) is 16.7. The first kappa shape index (κ1) is 21.4. The van der Waals surface area contributed by atoms with Crippen molar-refractivity contribution in [3.05, 3.63) is 99.4 Å². The number of carbonyl (C=O) groups is 3. The van der Waals surface area contributed by atoms with E-state index < -0.39 is 29.6 Å². The average molecular weight is 527 g/mol. The first-order valence-electron chi connectivity index (χ1n) is 9.86. The van der Waals surface area contributed by atoms with Gasteiger partial charge in [0, 0.05) is 14.8 Å². The van der Waals surface area contributed by atoms with Gasteiger partial charge < -0.3 is 4.90 Å². The molecule has 0 aromatic heterocycles. The second-order valence-corrected chi connectivity index (χ2v) is 8.63. The van der Waals surface area contributed by atoms with Crippen LogP contribution < -0.4 is 4.90 Å². The Morgan fingerprint density at radius 1 is 0.935 bits per heavy atom. The summed E-state index contributed by atoms with van der Waals surface area (Å²) in [5.41, 5.74) is 1.50. The fraction of sp³-hybridized carbons (Fsp3) is 0.160. The maximum absolute atomic E-state index is 13.6. The molecule has 4 nitrogen and oxygen atoms in total. The quantitative estimate of drug-likeness (QED) is 0.266. The van der Waals surface area contributed by atoms with Crippen LogP contribution in [0, 0.1) is 15.3 Å². The van der Waals surface area contributed by atoms with Gasteiger partial charge in [0.1, 0.15) is 11.7 Å². The lowest BCUT2D eigenvalue weighted by molar-refractivity contribution is -0.127. The Labute approximate surface area is 193 Å². The monoisotopic (exact) mass is 527 g/mol. The van der Waals surface area contributed by atoms with Crippen molar-refractivity contribution in [1.29, 1.82) is 0 Å². The van der Waals surface area contributed by atoms with Gasteiger partial charge in [-0.25, -0.2) is 4.39 Å². The number of halogens is 2. The van der Waals surface area contributed by atoms with Crippen molar-refractivity contribution in [2.75, 3.05) is 4.90 Å². The highest BCUT2D eigenvalue weighted by molar-refractivity contribution is 14.1. The van der Waals surface area contributed by atoms with Gasteiger partial charge in [-0.3, -0.25) is 14.4 Å². The highest BCUT2D eigenvalue weighted by Gasteiger charge is 2.52. The number of amides is 1. The zero-order chi connectivity index (χ0) is 22.1. The zero-order valence-corrected chi connectivity index (χ0v) is 18.8. The molecule has 0 aliphatic carbocycles. The Bertz CT molecular complexity index is 1150. The summed E-state index contributed by atoms with van der Waals surface area (Å²) in [4.78, 5) is 41.9. The molecular weight excluding hydrogens is 508 g/mol. The number of benzene rings is 3. The molecule has 1 saturated heterocycles. The minimum absolute atomic E-state index is 0.262. The molecule has 1 fully saturated rings. The second-order valence-electron chi connectivity index (χ2n) is 7.47. The van der Waals surface area contributed by atoms with Crippen LogP contribution in [0.3, 0.4) is 0 Å². The molecule has 1 aliphatic rings. The Morgan fingerprint density at radius 2 is 1.55 bits per heavy atom. The largest absolute Gasteiger partial charge is 0.302 e. The predicted octanol–water partition coefficient (Wildman–Crippen LogP) is 5.02. The van der Waals surface area contributed by atoms with Crippen LogP contribution in [-0.2, 0) is 9.59 Å². The van der Waals surface area contributed by atoms with E-state index in [1.165, 1.54) is 29.2 Å². The van der Waals surface area contributed by atoms with Gasteiger partial charge >= 0.3 is 0 Å². The number of ketones is 2. The summed E-state index contributed by atoms with van der Waals surface area (Å²) in [6, 6.07) is 20.7. The minimum atomic E-state index is -1.15. The van der Waals surface area contributed by atoms with Crippen LogP contribution in [0.5, 0.6) is 0 Å². The molecule has 31 heavy (non-hydrogen) atoms. The summed E-state index contributed by atoms with van der Waals surface area (Å²) < 4.78 is 14.2. The molecule has 0 bridgehead atoms. The van der Waals surface area contributed by atoms with Crippen LogP contribution in [0.25, 0.3) is 0 Å². The molecule has 3 aromatic rings. The molecule has 1 heterocycles. The van der Waals surface area contributed by atoms with Gasteiger partial charge in [-0.2, -0.15) is 0 Å². The van der Waals surface area contributed by atoms with E-state index in [9.17, 15) is 18.8 Å². The van der Waals surface area contributed by atoms with Crippen LogP contribution in [0.4, 0.5) is 10.1 Å². The van der Waals surface area contributed by atoms with E-state index in [0.717, 1.165) is 3.57 Å². The molecule has 4 rings (SSSR count). The van der Waals surface area contributed by atoms with Crippen LogP contribution in [0.2, 0.25) is 0 Å². The average Bonchev–Trinajstić information content (AvgIpc) is 2.99. The van der Waals surface area contributed by atoms with Crippen molar-refractivity contribution in [1.82, 2.24) is 0 Å². The second kappa shape index (κ2) is 8.70. The van der Waals surface area contributed by atoms with E-state index in [1.807, 2.05) is 18.2 Å². The molecule has 1 amide bonds. The summed E-state index contributed by atoms with van der Waals surface area (Å²) in [7, 11) is 0. The molecule has 1 aliphatic heterocycles. The van der Waals surface area contributed by atoms with E-state index in [1.54, 1.807) is 43.3 Å². The van der Waals surface area contributed by atoms with Gasteiger partial charge in [-0.05, 0) is 77.5 Å². The SMILES string of the molecule is CC1C(=O)C(C(C(=O)c2ccc(F)cc2)c2ccccc2I)C(=O)N1c1ccccc1. The van der Waals surface area contributed by atoms with Crippen molar-refractivity contribution in [3.63, 3.8) is 0 Å². The number of Topliss-reactive ketones (excluding diaryl/α,β-unsaturated/α-hetero) is 2. The van der Waals surface area contributed by atoms with Gasteiger partial charge in [0.15, 0.2) is 11.6 Å². The van der Waals surface area contributed by atoms with Crippen molar-refractivity contribution >= 4 is 45.8 Å². The number of anilines is 1. The number of carbonyl (C=O) groups excluding carboxylic acids is 3. The minimum Gasteiger partial charge on any atom is -0.302 e. The maximum atomic E-state index is 13.6. The Morgan fingerprint density at radius 3 is 2.19 bits per heavy atom. The fourth-order valence-corrected chi connectivity index (χ4v) is 4.81. The van der Waals surface area contributed by atoms with Crippen LogP contribution in [0.1, 0.15) is 28.8 Å². The predicted molar refractivity (Wildman–Crippen MR) is 125 cm³/mol. The third-order valence-corrected chi connectivity index (χ3v) is 6.61. The van der Waals surface area contributed by atoms with Crippen molar-refractivity contribution < 1.29 is 18.8 Å². The highest BCUT2D eigenvalue weighted by Crippen LogP contribution is 2.39. The van der Waals surface area contributed by atoms with E-state index in [0.29, 0.717) is 11.3 Å². The lowest BCUT2D eigenvalue weighted by Crippen LogP contribution is -2.34. The van der Waals surface area contributed by atoms with Crippen LogP contribution in [-0.4, -0.2) is 23.5 Å². The number of rotatable bonds is 5. The van der Waals surface area contributed by atoms with Crippen LogP contribution in [0.15, 0.2) is 78.9 Å². The van der Waals surface area contributed by atoms with Crippen molar-refractivity contribution in [2.24, 2.45) is 5.92 Å². The van der Waals surface area contributed by atoms with Crippen LogP contribution >= 0.6 is 22.6 Å². The van der Waals surface area contributed by atoms with E-state index in [4.69, 9.17) is 0 Å². The molecule has 3 atom stereocenters. The number of hydrogen-bond donors (Lipinski definition) is 0. The third kappa shape index (κ3) is 3.92. The summed E-state index contributed by atoms with van der Waals surface area (Å²) in [6.07, 6.45) is 0. The Hall–Kier alpha value is -2.87. The standard InChI is InChI=1S/C25H19FINO3/c1-15-23(29)22(25(31)28(15)18-7-3-2-4-8-18)21(19-9-5-6-10-20(19)27)24(30)16-11-13-17(26)14-12-16/h2-15,21-22H,1H3. The van der Waals surface area contributed by atoms with Gasteiger partial charge in [-0.1, -0.05) is 36.4 Å². The smallest absolute Gasteiger partial charge is 0.239 e. The molecule has 0 saturated carbocycles. The van der Waals surface area contributed by atoms with E-state index in [2.05, 4.69) is 22.6 Å². The summed E-state index contributed by atoms with van der Waals surface area (Å²) >= 11 is 2.11. The van der Waals surface area contributed by atoms with Gasteiger partial charge in [-0.15, -0.1) is 0 Å². The maximum Gasteiger partial charge on any atom is 0.239 e. The molecule has 156 valence electrons. The van der Waals surface area contributed by atoms with Gasteiger partial charge in [0.05, 0.1) is 12.0 Å². The van der Waals surface area contributed by atoms with E-state index >= 15 is 0 Å². The number of para-hydroxylation sites is 1. The molecule has 0 N–H and O–H groups in total. The molecule has 6 heteroatoms. The topological polar surface area (TPSA) is 54.5 Å². The molecule has 3 unspecified atom stereocenters. The first-order chi connectivity index (χ1) is 14.9.